The number of halogens is 1. The minimum absolute atomic E-state index is 0.232. The molecule has 6 nitrogen and oxygen atoms in total. The van der Waals surface area contributed by atoms with Crippen molar-refractivity contribution in [2.24, 2.45) is 0 Å². The highest BCUT2D eigenvalue weighted by molar-refractivity contribution is 6.32. The second-order valence-corrected chi connectivity index (χ2v) is 6.19. The molecule has 0 aliphatic heterocycles. The van der Waals surface area contributed by atoms with Crippen LogP contribution < -0.4 is 10.2 Å². The molecular formula is C19H18ClN3O3. The molecular weight excluding hydrogens is 354 g/mol. The zero-order valence-electron chi connectivity index (χ0n) is 14.6. The Morgan fingerprint density at radius 1 is 1.19 bits per heavy atom. The number of hydrogen-bond acceptors (Lipinski definition) is 5. The third kappa shape index (κ3) is 4.74. The third-order valence-corrected chi connectivity index (χ3v) is 3.94. The van der Waals surface area contributed by atoms with Crippen LogP contribution in [0.1, 0.15) is 22.8 Å². The number of nitrogens with one attached hydrogen (secondary N) is 1. The first-order chi connectivity index (χ1) is 12.3. The predicted molar refractivity (Wildman–Crippen MR) is 100 cm³/mol. The van der Waals surface area contributed by atoms with Crippen molar-refractivity contribution in [3.63, 3.8) is 0 Å². The molecule has 0 spiro atoms. The predicted octanol–water partition coefficient (Wildman–Crippen LogP) is 3.46. The highest BCUT2D eigenvalue weighted by atomic mass is 35.5. The molecule has 1 unspecified atom stereocenters. The lowest BCUT2D eigenvalue weighted by Crippen LogP contribution is -2.30. The Balaban J connectivity index is 1.99. The fraction of sp³-hybridized carbons (Fsp3) is 0.211. The standard InChI is InChI=1S/C19H18ClN3O3/c1-12(18(24)22-15-7-4-14(11-21)17(20)10-15)26-19(25)13-5-8-16(9-6-13)23(2)3/h4-10,12H,1-3H3,(H,22,24). The van der Waals surface area contributed by atoms with E-state index in [2.05, 4.69) is 5.32 Å². The van der Waals surface area contributed by atoms with E-state index in [1.165, 1.54) is 19.1 Å². The Hall–Kier alpha value is -3.04. The van der Waals surface area contributed by atoms with Gasteiger partial charge in [-0.1, -0.05) is 11.6 Å². The van der Waals surface area contributed by atoms with Crippen molar-refractivity contribution in [3.05, 3.63) is 58.6 Å². The van der Waals surface area contributed by atoms with Crippen LogP contribution in [0.3, 0.4) is 0 Å². The van der Waals surface area contributed by atoms with Crippen LogP contribution in [0, 0.1) is 11.3 Å². The smallest absolute Gasteiger partial charge is 0.338 e. The maximum atomic E-state index is 12.2. The highest BCUT2D eigenvalue weighted by Gasteiger charge is 2.19. The summed E-state index contributed by atoms with van der Waals surface area (Å²) < 4.78 is 5.20. The second kappa shape index (κ2) is 8.37. The van der Waals surface area contributed by atoms with Gasteiger partial charge in [0.1, 0.15) is 6.07 Å². The molecule has 2 aromatic carbocycles. The van der Waals surface area contributed by atoms with Gasteiger partial charge in [-0.05, 0) is 49.4 Å². The Labute approximate surface area is 156 Å². The molecule has 0 aromatic heterocycles. The maximum absolute atomic E-state index is 12.2. The van der Waals surface area contributed by atoms with E-state index >= 15 is 0 Å². The molecule has 1 amide bonds. The van der Waals surface area contributed by atoms with Gasteiger partial charge in [0, 0.05) is 25.5 Å². The van der Waals surface area contributed by atoms with Crippen molar-refractivity contribution in [1.29, 1.82) is 5.26 Å². The van der Waals surface area contributed by atoms with Gasteiger partial charge < -0.3 is 15.0 Å². The summed E-state index contributed by atoms with van der Waals surface area (Å²) in [6.45, 7) is 1.48. The molecule has 0 heterocycles. The first-order valence-electron chi connectivity index (χ1n) is 7.80. The van der Waals surface area contributed by atoms with Crippen molar-refractivity contribution < 1.29 is 14.3 Å². The number of rotatable bonds is 5. The summed E-state index contributed by atoms with van der Waals surface area (Å²) in [5, 5.41) is 11.7. The zero-order chi connectivity index (χ0) is 19.3. The van der Waals surface area contributed by atoms with E-state index < -0.39 is 18.0 Å². The molecule has 0 radical (unpaired) electrons. The summed E-state index contributed by atoms with van der Waals surface area (Å²) in [6, 6.07) is 13.3. The SMILES string of the molecule is CC(OC(=O)c1ccc(N(C)C)cc1)C(=O)Nc1ccc(C#N)c(Cl)c1. The number of esters is 1. The highest BCUT2D eigenvalue weighted by Crippen LogP contribution is 2.20. The van der Waals surface area contributed by atoms with Gasteiger partial charge in [0.05, 0.1) is 16.1 Å². The fourth-order valence-corrected chi connectivity index (χ4v) is 2.33. The van der Waals surface area contributed by atoms with Crippen LogP contribution in [0.15, 0.2) is 42.5 Å². The van der Waals surface area contributed by atoms with E-state index in [9.17, 15) is 9.59 Å². The summed E-state index contributed by atoms with van der Waals surface area (Å²) in [7, 11) is 3.80. The lowest BCUT2D eigenvalue weighted by atomic mass is 10.2. The number of ether oxygens (including phenoxy) is 1. The molecule has 0 saturated carbocycles. The van der Waals surface area contributed by atoms with Crippen molar-refractivity contribution in [2.45, 2.75) is 13.0 Å². The largest absolute Gasteiger partial charge is 0.449 e. The van der Waals surface area contributed by atoms with Gasteiger partial charge >= 0.3 is 5.97 Å². The van der Waals surface area contributed by atoms with Crippen LogP contribution in [0.25, 0.3) is 0 Å². The first kappa shape index (κ1) is 19.3. The van der Waals surface area contributed by atoms with E-state index in [0.717, 1.165) is 5.69 Å². The molecule has 134 valence electrons. The van der Waals surface area contributed by atoms with Crippen LogP contribution in [0.2, 0.25) is 5.02 Å². The lowest BCUT2D eigenvalue weighted by molar-refractivity contribution is -0.123. The minimum Gasteiger partial charge on any atom is -0.449 e. The molecule has 0 fully saturated rings. The average Bonchev–Trinajstić information content (AvgIpc) is 2.61. The fourth-order valence-electron chi connectivity index (χ4n) is 2.11. The van der Waals surface area contributed by atoms with Crippen LogP contribution in [0.4, 0.5) is 11.4 Å². The Kier molecular flexibility index (Phi) is 6.21. The number of benzene rings is 2. The number of nitrogens with zero attached hydrogens (tertiary/aromatic N) is 2. The molecule has 2 rings (SSSR count). The number of hydrogen-bond donors (Lipinski definition) is 1. The normalized spacial score (nSPS) is 11.2. The van der Waals surface area contributed by atoms with Gasteiger partial charge in [0.2, 0.25) is 0 Å². The quantitative estimate of drug-likeness (QED) is 0.814. The number of amides is 1. The number of carbonyl (C=O) groups excluding carboxylic acids is 2. The summed E-state index contributed by atoms with van der Waals surface area (Å²) >= 11 is 5.93. The average molecular weight is 372 g/mol. The molecule has 1 N–H and O–H groups in total. The topological polar surface area (TPSA) is 82.4 Å². The van der Waals surface area contributed by atoms with Crippen molar-refractivity contribution in [3.8, 4) is 6.07 Å². The van der Waals surface area contributed by atoms with Crippen LogP contribution in [0.5, 0.6) is 0 Å². The van der Waals surface area contributed by atoms with E-state index in [-0.39, 0.29) is 5.02 Å². The van der Waals surface area contributed by atoms with Gasteiger partial charge in [-0.25, -0.2) is 4.79 Å². The second-order valence-electron chi connectivity index (χ2n) is 5.78. The van der Waals surface area contributed by atoms with Gasteiger partial charge in [-0.2, -0.15) is 5.26 Å². The Bertz CT molecular complexity index is 857. The van der Waals surface area contributed by atoms with Crippen LogP contribution in [-0.2, 0) is 9.53 Å². The zero-order valence-corrected chi connectivity index (χ0v) is 15.4. The van der Waals surface area contributed by atoms with Crippen LogP contribution in [-0.4, -0.2) is 32.1 Å². The van der Waals surface area contributed by atoms with Crippen LogP contribution >= 0.6 is 11.6 Å². The molecule has 0 aliphatic rings. The monoisotopic (exact) mass is 371 g/mol. The summed E-state index contributed by atoms with van der Waals surface area (Å²) in [5.74, 6) is -1.08. The maximum Gasteiger partial charge on any atom is 0.338 e. The van der Waals surface area contributed by atoms with Crippen molar-refractivity contribution in [1.82, 2.24) is 0 Å². The van der Waals surface area contributed by atoms with Gasteiger partial charge in [0.25, 0.3) is 5.91 Å². The Morgan fingerprint density at radius 2 is 1.85 bits per heavy atom. The molecule has 0 saturated heterocycles. The number of nitriles is 1. The number of carbonyl (C=O) groups is 2. The van der Waals surface area contributed by atoms with Gasteiger partial charge in [0.15, 0.2) is 6.10 Å². The van der Waals surface area contributed by atoms with Crippen molar-refractivity contribution in [2.75, 3.05) is 24.3 Å². The molecule has 0 aliphatic carbocycles. The summed E-state index contributed by atoms with van der Waals surface area (Å²) in [5.41, 5.74) is 2.03. The molecule has 0 bridgehead atoms. The van der Waals surface area contributed by atoms with E-state index in [4.69, 9.17) is 21.6 Å². The lowest BCUT2D eigenvalue weighted by Gasteiger charge is -2.15. The third-order valence-electron chi connectivity index (χ3n) is 3.63. The van der Waals surface area contributed by atoms with Gasteiger partial charge in [-0.15, -0.1) is 0 Å². The first-order valence-corrected chi connectivity index (χ1v) is 8.18. The van der Waals surface area contributed by atoms with E-state index in [1.807, 2.05) is 25.1 Å². The molecule has 1 atom stereocenters. The Morgan fingerprint density at radius 3 is 2.38 bits per heavy atom. The summed E-state index contributed by atoms with van der Waals surface area (Å²) in [6.07, 6.45) is -0.995. The van der Waals surface area contributed by atoms with Crippen molar-refractivity contribution >= 4 is 34.9 Å². The molecule has 26 heavy (non-hydrogen) atoms. The summed E-state index contributed by atoms with van der Waals surface area (Å²) in [4.78, 5) is 26.3. The molecule has 2 aromatic rings. The van der Waals surface area contributed by atoms with E-state index in [0.29, 0.717) is 16.8 Å². The minimum atomic E-state index is -0.995. The molecule has 7 heteroatoms. The number of anilines is 2. The van der Waals surface area contributed by atoms with E-state index in [1.54, 1.807) is 30.3 Å². The van der Waals surface area contributed by atoms with Gasteiger partial charge in [-0.3, -0.25) is 4.79 Å².